The second-order valence-electron chi connectivity index (χ2n) is 6.53. The zero-order valence-corrected chi connectivity index (χ0v) is 15.5. The summed E-state index contributed by atoms with van der Waals surface area (Å²) < 4.78 is 5.71. The van der Waals surface area contributed by atoms with Crippen molar-refractivity contribution in [3.8, 4) is 5.75 Å². The molecule has 1 aliphatic heterocycles. The number of benzene rings is 1. The number of rotatable bonds is 6. The summed E-state index contributed by atoms with van der Waals surface area (Å²) >= 11 is 1.47. The van der Waals surface area contributed by atoms with Crippen molar-refractivity contribution in [1.29, 1.82) is 0 Å². The quantitative estimate of drug-likeness (QED) is 0.841. The highest BCUT2D eigenvalue weighted by atomic mass is 32.1. The van der Waals surface area contributed by atoms with E-state index >= 15 is 0 Å². The first-order valence-corrected chi connectivity index (χ1v) is 9.52. The molecule has 1 aromatic heterocycles. The van der Waals surface area contributed by atoms with Gasteiger partial charge in [-0.3, -0.25) is 9.59 Å². The van der Waals surface area contributed by atoms with E-state index in [1.165, 1.54) is 16.9 Å². The first-order chi connectivity index (χ1) is 12.5. The third-order valence-electron chi connectivity index (χ3n) is 4.44. The molecule has 0 aliphatic carbocycles. The average Bonchev–Trinajstić information content (AvgIpc) is 3.08. The largest absolute Gasteiger partial charge is 0.486 e. The van der Waals surface area contributed by atoms with Crippen molar-refractivity contribution in [2.45, 2.75) is 32.8 Å². The molecule has 1 N–H and O–H groups in total. The van der Waals surface area contributed by atoms with E-state index in [1.54, 1.807) is 4.90 Å². The number of hydrogen-bond acceptors (Lipinski definition) is 5. The molecular weight excluding hydrogens is 352 g/mol. The standard InChI is InChI=1S/C19H22N2O4S/c1-13-4-6-16(7-5-13)25-11-17-20-15(12-26-17)9-18(22)21-8-2-3-14(10-21)19(23)24/h4-7,12,14H,2-3,8-11H2,1H3,(H,23,24)/t14-/m0/s1. The Balaban J connectivity index is 1.52. The van der Waals surface area contributed by atoms with Gasteiger partial charge in [-0.15, -0.1) is 11.3 Å². The second kappa shape index (κ2) is 8.31. The molecule has 0 radical (unpaired) electrons. The Hall–Kier alpha value is -2.41. The fraction of sp³-hybridized carbons (Fsp3) is 0.421. The van der Waals surface area contributed by atoms with E-state index < -0.39 is 11.9 Å². The normalized spacial score (nSPS) is 17.1. The third-order valence-corrected chi connectivity index (χ3v) is 5.31. The Morgan fingerprint density at radius 1 is 1.35 bits per heavy atom. The summed E-state index contributed by atoms with van der Waals surface area (Å²) in [6, 6.07) is 7.82. The van der Waals surface area contributed by atoms with Crippen molar-refractivity contribution in [3.63, 3.8) is 0 Å². The van der Waals surface area contributed by atoms with Gasteiger partial charge in [-0.25, -0.2) is 4.98 Å². The van der Waals surface area contributed by atoms with Gasteiger partial charge in [0.2, 0.25) is 5.91 Å². The molecule has 6 nitrogen and oxygen atoms in total. The van der Waals surface area contributed by atoms with Crippen molar-refractivity contribution < 1.29 is 19.4 Å². The number of carbonyl (C=O) groups excluding carboxylic acids is 1. The van der Waals surface area contributed by atoms with E-state index in [0.717, 1.165) is 17.2 Å². The Morgan fingerprint density at radius 2 is 2.12 bits per heavy atom. The van der Waals surface area contributed by atoms with E-state index in [0.29, 0.717) is 31.8 Å². The Kier molecular flexibility index (Phi) is 5.88. The predicted octanol–water partition coefficient (Wildman–Crippen LogP) is 2.90. The van der Waals surface area contributed by atoms with Crippen molar-refractivity contribution in [2.75, 3.05) is 13.1 Å². The number of aryl methyl sites for hydroxylation is 1. The van der Waals surface area contributed by atoms with Crippen LogP contribution >= 0.6 is 11.3 Å². The van der Waals surface area contributed by atoms with Crippen LogP contribution in [0.1, 0.15) is 29.1 Å². The van der Waals surface area contributed by atoms with Crippen LogP contribution in [0.15, 0.2) is 29.6 Å². The van der Waals surface area contributed by atoms with Crippen molar-refractivity contribution in [3.05, 3.63) is 45.9 Å². The first-order valence-electron chi connectivity index (χ1n) is 8.64. The molecule has 7 heteroatoms. The topological polar surface area (TPSA) is 79.7 Å². The van der Waals surface area contributed by atoms with Gasteiger partial charge in [-0.05, 0) is 31.9 Å². The van der Waals surface area contributed by atoms with E-state index in [1.807, 2.05) is 36.6 Å². The first kappa shape index (κ1) is 18.4. The zero-order chi connectivity index (χ0) is 18.5. The van der Waals surface area contributed by atoms with Gasteiger partial charge in [-0.1, -0.05) is 17.7 Å². The number of carboxylic acids is 1. The lowest BCUT2D eigenvalue weighted by atomic mass is 9.98. The SMILES string of the molecule is Cc1ccc(OCc2nc(CC(=O)N3CCC[C@H](C(=O)O)C3)cs2)cc1. The van der Waals surface area contributed by atoms with Crippen molar-refractivity contribution in [1.82, 2.24) is 9.88 Å². The zero-order valence-electron chi connectivity index (χ0n) is 14.7. The molecule has 1 aliphatic rings. The monoisotopic (exact) mass is 374 g/mol. The third kappa shape index (κ3) is 4.82. The molecular formula is C19H22N2O4S. The molecule has 0 unspecified atom stereocenters. The molecule has 1 atom stereocenters. The van der Waals surface area contributed by atoms with Crippen LogP contribution in [0, 0.1) is 12.8 Å². The molecule has 1 amide bonds. The summed E-state index contributed by atoms with van der Waals surface area (Å²) in [5.74, 6) is -0.558. The van der Waals surface area contributed by atoms with E-state index in [2.05, 4.69) is 4.98 Å². The van der Waals surface area contributed by atoms with Crippen LogP contribution in [0.25, 0.3) is 0 Å². The summed E-state index contributed by atoms with van der Waals surface area (Å²) in [5, 5.41) is 11.8. The number of carboxylic acid groups (broad SMARTS) is 1. The molecule has 1 aromatic carbocycles. The van der Waals surface area contributed by atoms with Gasteiger partial charge in [0.1, 0.15) is 17.4 Å². The van der Waals surface area contributed by atoms with Crippen LogP contribution < -0.4 is 4.74 Å². The Morgan fingerprint density at radius 3 is 2.85 bits per heavy atom. The number of aromatic nitrogens is 1. The van der Waals surface area contributed by atoms with Crippen LogP contribution in [0.2, 0.25) is 0 Å². The highest BCUT2D eigenvalue weighted by Gasteiger charge is 2.28. The fourth-order valence-electron chi connectivity index (χ4n) is 2.95. The number of carbonyl (C=O) groups is 2. The fourth-order valence-corrected chi connectivity index (χ4v) is 3.65. The highest BCUT2D eigenvalue weighted by Crippen LogP contribution is 2.19. The van der Waals surface area contributed by atoms with E-state index in [9.17, 15) is 9.59 Å². The number of amides is 1. The average molecular weight is 374 g/mol. The Bertz CT molecular complexity index is 772. The summed E-state index contributed by atoms with van der Waals surface area (Å²) in [7, 11) is 0. The maximum Gasteiger partial charge on any atom is 0.308 e. The highest BCUT2D eigenvalue weighted by molar-refractivity contribution is 7.09. The van der Waals surface area contributed by atoms with Gasteiger partial charge in [0.15, 0.2) is 0 Å². The molecule has 0 bridgehead atoms. The maximum atomic E-state index is 12.4. The van der Waals surface area contributed by atoms with Crippen LogP contribution in [0.3, 0.4) is 0 Å². The number of ether oxygens (including phenoxy) is 1. The van der Waals surface area contributed by atoms with Gasteiger partial charge in [-0.2, -0.15) is 0 Å². The summed E-state index contributed by atoms with van der Waals surface area (Å²) in [5.41, 5.74) is 1.88. The molecule has 2 aromatic rings. The molecule has 0 saturated carbocycles. The predicted molar refractivity (Wildman–Crippen MR) is 98.3 cm³/mol. The molecule has 3 rings (SSSR count). The molecule has 26 heavy (non-hydrogen) atoms. The van der Waals surface area contributed by atoms with Crippen LogP contribution in [0.4, 0.5) is 0 Å². The van der Waals surface area contributed by atoms with Gasteiger partial charge in [0.25, 0.3) is 0 Å². The van der Waals surface area contributed by atoms with Gasteiger partial charge in [0.05, 0.1) is 18.0 Å². The Labute approximate surface area is 156 Å². The molecule has 1 saturated heterocycles. The van der Waals surface area contributed by atoms with Gasteiger partial charge < -0.3 is 14.7 Å². The van der Waals surface area contributed by atoms with Crippen molar-refractivity contribution >= 4 is 23.2 Å². The number of piperidine rings is 1. The molecule has 1 fully saturated rings. The number of hydrogen-bond donors (Lipinski definition) is 1. The minimum atomic E-state index is -0.827. The number of aliphatic carboxylic acids is 1. The molecule has 2 heterocycles. The maximum absolute atomic E-state index is 12.4. The summed E-state index contributed by atoms with van der Waals surface area (Å²) in [4.78, 5) is 29.7. The minimum absolute atomic E-state index is 0.0627. The summed E-state index contributed by atoms with van der Waals surface area (Å²) in [6.45, 7) is 3.31. The lowest BCUT2D eigenvalue weighted by Crippen LogP contribution is -2.43. The lowest BCUT2D eigenvalue weighted by molar-refractivity contribution is -0.145. The molecule has 0 spiro atoms. The van der Waals surface area contributed by atoms with Crippen LogP contribution in [0.5, 0.6) is 5.75 Å². The smallest absolute Gasteiger partial charge is 0.308 e. The number of thiazole rings is 1. The number of likely N-dealkylation sites (tertiary alicyclic amines) is 1. The summed E-state index contributed by atoms with van der Waals surface area (Å²) in [6.07, 6.45) is 1.57. The second-order valence-corrected chi connectivity index (χ2v) is 7.47. The van der Waals surface area contributed by atoms with Gasteiger partial charge in [0, 0.05) is 18.5 Å². The van der Waals surface area contributed by atoms with Crippen LogP contribution in [-0.4, -0.2) is 40.0 Å². The lowest BCUT2D eigenvalue weighted by Gasteiger charge is -2.30. The number of nitrogens with zero attached hydrogens (tertiary/aromatic N) is 2. The van der Waals surface area contributed by atoms with E-state index in [-0.39, 0.29) is 12.3 Å². The van der Waals surface area contributed by atoms with E-state index in [4.69, 9.17) is 9.84 Å². The molecule has 138 valence electrons. The van der Waals surface area contributed by atoms with Crippen molar-refractivity contribution in [2.24, 2.45) is 5.92 Å². The van der Waals surface area contributed by atoms with Crippen LogP contribution in [-0.2, 0) is 22.6 Å². The minimum Gasteiger partial charge on any atom is -0.486 e. The van der Waals surface area contributed by atoms with Gasteiger partial charge >= 0.3 is 5.97 Å².